The van der Waals surface area contributed by atoms with Crippen LogP contribution >= 0.6 is 0 Å². The van der Waals surface area contributed by atoms with E-state index in [9.17, 15) is 5.11 Å². The van der Waals surface area contributed by atoms with Gasteiger partial charge in [-0.1, -0.05) is 95.6 Å². The molecule has 1 heteroatoms. The van der Waals surface area contributed by atoms with Gasteiger partial charge in [-0.3, -0.25) is 0 Å². The second kappa shape index (κ2) is 13.1. The summed E-state index contributed by atoms with van der Waals surface area (Å²) in [6, 6.07) is 0. The van der Waals surface area contributed by atoms with Crippen molar-refractivity contribution in [3.05, 3.63) is 12.2 Å². The summed E-state index contributed by atoms with van der Waals surface area (Å²) in [7, 11) is 0. The number of aliphatic hydroxyl groups is 1. The molecule has 3 aliphatic rings. The summed E-state index contributed by atoms with van der Waals surface area (Å²) in [6.45, 7) is 0. The maximum Gasteiger partial charge on any atom is 0.0540 e. The molecule has 0 saturated heterocycles. The van der Waals surface area contributed by atoms with Crippen LogP contribution < -0.4 is 0 Å². The molecule has 1 nitrogen and oxygen atoms in total. The van der Waals surface area contributed by atoms with Crippen LogP contribution in [0.3, 0.4) is 0 Å². The Labute approximate surface area is 175 Å². The summed E-state index contributed by atoms with van der Waals surface area (Å²) in [6.07, 6.45) is 32.3. The smallest absolute Gasteiger partial charge is 0.0540 e. The molecule has 0 heterocycles. The van der Waals surface area contributed by atoms with E-state index in [1.165, 1.54) is 116 Å². The second-order valence-corrected chi connectivity index (χ2v) is 10.4. The van der Waals surface area contributed by atoms with Crippen LogP contribution in [0.5, 0.6) is 0 Å². The monoisotopic (exact) mass is 388 g/mol. The quantitative estimate of drug-likeness (QED) is 0.279. The Bertz CT molecular complexity index is 426. The Balaban J connectivity index is 1.17. The Morgan fingerprint density at radius 1 is 0.714 bits per heavy atom. The van der Waals surface area contributed by atoms with Gasteiger partial charge in [0.1, 0.15) is 0 Å². The van der Waals surface area contributed by atoms with E-state index in [-0.39, 0.29) is 6.10 Å². The maximum atomic E-state index is 10.3. The first-order chi connectivity index (χ1) is 13.8. The summed E-state index contributed by atoms with van der Waals surface area (Å²) in [5, 5.41) is 10.3. The van der Waals surface area contributed by atoms with Gasteiger partial charge in [-0.15, -0.1) is 0 Å². The SMILES string of the molecule is OC(CCCCCC1CCCC2CCCCC12)CCCCC1C=CCCCC1. The van der Waals surface area contributed by atoms with Crippen molar-refractivity contribution < 1.29 is 5.11 Å². The molecule has 3 aliphatic carbocycles. The fourth-order valence-corrected chi connectivity index (χ4v) is 6.62. The molecule has 0 radical (unpaired) electrons. The van der Waals surface area contributed by atoms with Gasteiger partial charge in [0, 0.05) is 0 Å². The molecule has 0 spiro atoms. The normalized spacial score (nSPS) is 31.9. The highest BCUT2D eigenvalue weighted by Crippen LogP contribution is 2.45. The number of rotatable bonds is 11. The molecule has 0 aromatic heterocycles. The third kappa shape index (κ3) is 7.85. The van der Waals surface area contributed by atoms with Crippen molar-refractivity contribution in [3.63, 3.8) is 0 Å². The van der Waals surface area contributed by atoms with Gasteiger partial charge in [0.15, 0.2) is 0 Å². The van der Waals surface area contributed by atoms with Crippen molar-refractivity contribution in [2.45, 2.75) is 135 Å². The van der Waals surface area contributed by atoms with Crippen LogP contribution in [-0.4, -0.2) is 11.2 Å². The fourth-order valence-electron chi connectivity index (χ4n) is 6.62. The number of fused-ring (bicyclic) bond motifs is 1. The van der Waals surface area contributed by atoms with Crippen molar-refractivity contribution in [3.8, 4) is 0 Å². The molecule has 0 bridgehead atoms. The van der Waals surface area contributed by atoms with Crippen molar-refractivity contribution in [1.82, 2.24) is 0 Å². The van der Waals surface area contributed by atoms with Gasteiger partial charge in [0.25, 0.3) is 0 Å². The molecule has 0 aromatic rings. The van der Waals surface area contributed by atoms with Crippen LogP contribution in [0.2, 0.25) is 0 Å². The van der Waals surface area contributed by atoms with E-state index in [1.807, 2.05) is 0 Å². The van der Waals surface area contributed by atoms with Crippen molar-refractivity contribution >= 4 is 0 Å². The zero-order valence-corrected chi connectivity index (χ0v) is 18.6. The first-order valence-corrected chi connectivity index (χ1v) is 13.2. The van der Waals surface area contributed by atoms with Crippen molar-refractivity contribution in [2.75, 3.05) is 0 Å². The van der Waals surface area contributed by atoms with Gasteiger partial charge in [0.05, 0.1) is 6.10 Å². The molecule has 162 valence electrons. The van der Waals surface area contributed by atoms with E-state index in [2.05, 4.69) is 12.2 Å². The zero-order chi connectivity index (χ0) is 19.4. The third-order valence-electron chi connectivity index (χ3n) is 8.30. The Morgan fingerprint density at radius 3 is 2.39 bits per heavy atom. The molecule has 1 N–H and O–H groups in total. The first kappa shape index (κ1) is 22.4. The van der Waals surface area contributed by atoms with E-state index >= 15 is 0 Å². The van der Waals surface area contributed by atoms with Crippen molar-refractivity contribution in [2.24, 2.45) is 23.7 Å². The molecule has 0 amide bonds. The highest BCUT2D eigenvalue weighted by atomic mass is 16.3. The molecule has 2 saturated carbocycles. The number of hydrogen-bond donors (Lipinski definition) is 1. The highest BCUT2D eigenvalue weighted by Gasteiger charge is 2.34. The lowest BCUT2D eigenvalue weighted by atomic mass is 9.64. The molecule has 0 aromatic carbocycles. The molecular formula is C27H48O. The van der Waals surface area contributed by atoms with E-state index in [0.29, 0.717) is 0 Å². The Kier molecular flexibility index (Phi) is 10.5. The number of aliphatic hydroxyl groups excluding tert-OH is 1. The zero-order valence-electron chi connectivity index (χ0n) is 18.6. The maximum absolute atomic E-state index is 10.3. The lowest BCUT2D eigenvalue weighted by Crippen LogP contribution is -2.30. The lowest BCUT2D eigenvalue weighted by molar-refractivity contribution is 0.0955. The summed E-state index contributed by atoms with van der Waals surface area (Å²) in [4.78, 5) is 0. The average molecular weight is 389 g/mol. The minimum Gasteiger partial charge on any atom is -0.393 e. The predicted molar refractivity (Wildman–Crippen MR) is 121 cm³/mol. The number of allylic oxidation sites excluding steroid dienone is 2. The summed E-state index contributed by atoms with van der Waals surface area (Å²) < 4.78 is 0. The van der Waals surface area contributed by atoms with Gasteiger partial charge in [-0.25, -0.2) is 0 Å². The van der Waals surface area contributed by atoms with Crippen LogP contribution in [0.25, 0.3) is 0 Å². The molecule has 5 unspecified atom stereocenters. The number of unbranched alkanes of at least 4 members (excludes halogenated alkanes) is 3. The number of hydrogen-bond acceptors (Lipinski definition) is 1. The molecular weight excluding hydrogens is 340 g/mol. The molecule has 5 atom stereocenters. The second-order valence-electron chi connectivity index (χ2n) is 10.4. The molecule has 3 rings (SSSR count). The molecule has 2 fully saturated rings. The van der Waals surface area contributed by atoms with Crippen LogP contribution in [0.1, 0.15) is 128 Å². The van der Waals surface area contributed by atoms with Crippen LogP contribution in [0.15, 0.2) is 12.2 Å². The average Bonchev–Trinajstić information content (AvgIpc) is 3.00. The van der Waals surface area contributed by atoms with E-state index < -0.39 is 0 Å². The minimum absolute atomic E-state index is 0.0397. The highest BCUT2D eigenvalue weighted by molar-refractivity contribution is 4.91. The first-order valence-electron chi connectivity index (χ1n) is 13.2. The van der Waals surface area contributed by atoms with Crippen LogP contribution in [0, 0.1) is 23.7 Å². The topological polar surface area (TPSA) is 20.2 Å². The van der Waals surface area contributed by atoms with E-state index in [4.69, 9.17) is 0 Å². The van der Waals surface area contributed by atoms with Crippen molar-refractivity contribution in [1.29, 1.82) is 0 Å². The summed E-state index contributed by atoms with van der Waals surface area (Å²) in [5.41, 5.74) is 0. The third-order valence-corrected chi connectivity index (χ3v) is 8.30. The fraction of sp³-hybridized carbons (Fsp3) is 0.926. The Morgan fingerprint density at radius 2 is 1.46 bits per heavy atom. The van der Waals surface area contributed by atoms with Gasteiger partial charge >= 0.3 is 0 Å². The summed E-state index contributed by atoms with van der Waals surface area (Å²) >= 11 is 0. The van der Waals surface area contributed by atoms with E-state index in [0.717, 1.165) is 36.5 Å². The van der Waals surface area contributed by atoms with Gasteiger partial charge in [-0.2, -0.15) is 0 Å². The Hall–Kier alpha value is -0.300. The largest absolute Gasteiger partial charge is 0.393 e. The predicted octanol–water partition coefficient (Wildman–Crippen LogP) is 8.21. The van der Waals surface area contributed by atoms with Gasteiger partial charge in [0.2, 0.25) is 0 Å². The molecule has 0 aliphatic heterocycles. The summed E-state index contributed by atoms with van der Waals surface area (Å²) in [5.74, 6) is 4.03. The standard InChI is InChI=1S/C27H48O/c28-26(21-10-8-15-23-13-4-1-2-5-14-23)20-7-3-6-16-24-18-12-19-25-17-9-11-22-27(24)25/h4,13,23-28H,1-3,5-12,14-22H2. The lowest BCUT2D eigenvalue weighted by Gasteiger charge is -2.41. The van der Waals surface area contributed by atoms with Gasteiger partial charge < -0.3 is 5.11 Å². The minimum atomic E-state index is -0.0397. The van der Waals surface area contributed by atoms with Crippen LogP contribution in [0.4, 0.5) is 0 Å². The van der Waals surface area contributed by atoms with E-state index in [1.54, 1.807) is 0 Å². The van der Waals surface area contributed by atoms with Gasteiger partial charge in [-0.05, 0) is 68.6 Å². The molecule has 28 heavy (non-hydrogen) atoms. The van der Waals surface area contributed by atoms with Crippen LogP contribution in [-0.2, 0) is 0 Å².